The number of hydrogen-bond donors (Lipinski definition) is 10. The summed E-state index contributed by atoms with van der Waals surface area (Å²) in [6, 6.07) is 17.4. The molecule has 4 fully saturated rings. The van der Waals surface area contributed by atoms with Crippen LogP contribution in [0.25, 0.3) is 0 Å². The van der Waals surface area contributed by atoms with Crippen LogP contribution in [-0.4, -0.2) is 185 Å². The minimum atomic E-state index is -2.30. The van der Waals surface area contributed by atoms with Gasteiger partial charge in [-0.1, -0.05) is 128 Å². The van der Waals surface area contributed by atoms with Gasteiger partial charge in [0.25, 0.3) is 0 Å². The fourth-order valence-corrected chi connectivity index (χ4v) is 17.1. The maximum atomic E-state index is 15.9. The number of methoxy groups -OCH3 is 1. The molecule has 546 valence electrons. The monoisotopic (exact) mass is 1440 g/mol. The normalized spacial score (nSPS) is 28.7. The van der Waals surface area contributed by atoms with E-state index < -0.39 is 185 Å². The molecule has 6 amide bonds. The average molecular weight is 1440 g/mol. The molecule has 28 nitrogen and oxygen atoms in total. The topological polar surface area (TPSA) is 423 Å². The van der Waals surface area contributed by atoms with Gasteiger partial charge in [-0.05, 0) is 67.5 Å². The number of carbonyl (C=O) groups is 12. The second-order valence-electron chi connectivity index (χ2n) is 26.9. The second kappa shape index (κ2) is 33.8. The van der Waals surface area contributed by atoms with E-state index >= 15 is 9.59 Å². The number of carboxylic acids is 1. The minimum absolute atomic E-state index is 0.00237. The van der Waals surface area contributed by atoms with Gasteiger partial charge in [0.1, 0.15) is 59.9 Å². The summed E-state index contributed by atoms with van der Waals surface area (Å²) in [6.45, 7) is 9.82. The number of aliphatic carboxylic acids is 1. The second-order valence-corrected chi connectivity index (χ2v) is 29.5. The van der Waals surface area contributed by atoms with Crippen LogP contribution in [0.4, 0.5) is 0 Å². The van der Waals surface area contributed by atoms with Crippen LogP contribution in [0.2, 0.25) is 0 Å². The van der Waals surface area contributed by atoms with Gasteiger partial charge in [0.05, 0.1) is 48.4 Å². The first-order valence-corrected chi connectivity index (χ1v) is 36.0. The average Bonchev–Trinajstić information content (AvgIpc) is 0.671. The van der Waals surface area contributed by atoms with Crippen molar-refractivity contribution in [1.29, 1.82) is 5.41 Å². The van der Waals surface area contributed by atoms with Gasteiger partial charge >= 0.3 is 29.8 Å². The number of benzene rings is 3. The molecule has 0 spiro atoms. The number of aliphatic hydroxyl groups is 1. The van der Waals surface area contributed by atoms with E-state index in [0.29, 0.717) is 28.7 Å². The van der Waals surface area contributed by atoms with Crippen molar-refractivity contribution < 1.29 is 96.2 Å². The van der Waals surface area contributed by atoms with Crippen LogP contribution in [0, 0.1) is 28.1 Å². The van der Waals surface area contributed by atoms with Crippen molar-refractivity contribution >= 4 is 98.5 Å². The lowest BCUT2D eigenvalue weighted by atomic mass is 9.43. The molecule has 2 aliphatic heterocycles. The fraction of sp³-hybridized carbons (Fsp3) is 0.535. The Morgan fingerprint density at radius 2 is 1.41 bits per heavy atom. The summed E-state index contributed by atoms with van der Waals surface area (Å²) in [5.74, 6) is -13.2. The molecule has 2 heterocycles. The third kappa shape index (κ3) is 18.0. The number of nitrogens with two attached hydrogens (primary N) is 1. The molecule has 2 saturated carbocycles. The van der Waals surface area contributed by atoms with Gasteiger partial charge in [-0.25, -0.2) is 9.59 Å². The van der Waals surface area contributed by atoms with Crippen LogP contribution in [0.5, 0.6) is 0 Å². The van der Waals surface area contributed by atoms with Crippen LogP contribution in [0.1, 0.15) is 134 Å². The molecule has 3 aromatic rings. The molecule has 11 N–H and O–H groups in total. The lowest BCUT2D eigenvalue weighted by Gasteiger charge is -2.68. The zero-order valence-corrected chi connectivity index (χ0v) is 59.3. The van der Waals surface area contributed by atoms with Crippen LogP contribution >= 0.6 is 21.6 Å². The first-order valence-electron chi connectivity index (χ1n) is 33.5. The molecule has 0 radical (unpaired) electrons. The number of nitrogens with one attached hydrogen (secondary N) is 7. The molecular formula is C71H90N8O20S2. The van der Waals surface area contributed by atoms with Gasteiger partial charge in [-0.2, -0.15) is 0 Å². The van der Waals surface area contributed by atoms with Crippen LogP contribution in [0.3, 0.4) is 0 Å². The predicted molar refractivity (Wildman–Crippen MR) is 368 cm³/mol. The fourth-order valence-electron chi connectivity index (χ4n) is 14.8. The zero-order valence-electron chi connectivity index (χ0n) is 57.6. The molecule has 2 saturated heterocycles. The van der Waals surface area contributed by atoms with E-state index in [4.69, 9.17) is 39.6 Å². The number of hydrogen-bond acceptors (Lipinski definition) is 22. The highest BCUT2D eigenvalue weighted by molar-refractivity contribution is 8.76. The number of esters is 4. The lowest BCUT2D eigenvalue weighted by molar-refractivity contribution is -0.346. The minimum Gasteiger partial charge on any atom is -0.481 e. The molecular weight excluding hydrogens is 1350 g/mol. The quantitative estimate of drug-likeness (QED) is 0.0104. The molecule has 30 heteroatoms. The number of unbranched alkanes of at least 4 members (excludes halogenated alkanes) is 1. The number of fused-ring (bicyclic) bond motifs is 5. The number of ketones is 1. The Kier molecular flexibility index (Phi) is 26.1. The van der Waals surface area contributed by atoms with Crippen molar-refractivity contribution in [3.63, 3.8) is 0 Å². The molecule has 5 aliphatic rings. The van der Waals surface area contributed by atoms with Crippen molar-refractivity contribution in [3.05, 3.63) is 119 Å². The van der Waals surface area contributed by atoms with Crippen LogP contribution in [-0.2, 0) is 87.6 Å². The number of Topliss-reactive ketones (excluding diaryl/α,β-unsaturated/α-hetero) is 1. The number of carbonyl (C=O) groups excluding carboxylic acids is 11. The number of ether oxygens (including phenoxy) is 6. The van der Waals surface area contributed by atoms with Crippen molar-refractivity contribution in [3.8, 4) is 0 Å². The molecule has 3 aromatic carbocycles. The SMILES string of the molecule is CO[C@H]1C[C@H]2OC[C@@]2(OC(C)=O)[C@H]2[C@H](OC(=O)c3ccccc3)[C@]3(O)C[C@H](OC(=O)[C@H](OC(=O)CCCSSCC4NC(=O)[C@@H](Cc5ccccc5)NC(=O)[C@H](CC(=O)O)NC(=O)CNC(=O)[C@H](CCCCC(=N)N)NC4=O)[C@@H](NC(C)=O)c4ccccc4)C(C)=C([C@@H](C)C(=O)[C@]12C)C3(C)C. The van der Waals surface area contributed by atoms with Gasteiger partial charge in [0.2, 0.25) is 41.5 Å². The van der Waals surface area contributed by atoms with Crippen LogP contribution in [0.15, 0.2) is 102 Å². The van der Waals surface area contributed by atoms with E-state index in [9.17, 15) is 58.2 Å². The molecule has 8 rings (SSSR count). The molecule has 0 aromatic heterocycles. The van der Waals surface area contributed by atoms with E-state index in [1.54, 1.807) is 113 Å². The van der Waals surface area contributed by atoms with Gasteiger partial charge < -0.3 is 76.3 Å². The number of amidine groups is 1. The summed E-state index contributed by atoms with van der Waals surface area (Å²) in [7, 11) is 3.69. The molecule has 2 bridgehead atoms. The highest BCUT2D eigenvalue weighted by atomic mass is 33.1. The number of carboxylic acid groups (broad SMARTS) is 1. The summed E-state index contributed by atoms with van der Waals surface area (Å²) >= 11 is 0. The van der Waals surface area contributed by atoms with E-state index in [1.165, 1.54) is 43.9 Å². The van der Waals surface area contributed by atoms with Crippen LogP contribution < -0.4 is 37.6 Å². The van der Waals surface area contributed by atoms with Crippen molar-refractivity contribution in [2.45, 2.75) is 185 Å². The Balaban J connectivity index is 1.06. The zero-order chi connectivity index (χ0) is 73.7. The van der Waals surface area contributed by atoms with Crippen molar-refractivity contribution in [1.82, 2.24) is 31.9 Å². The van der Waals surface area contributed by atoms with Crippen molar-refractivity contribution in [2.24, 2.45) is 28.4 Å². The number of amides is 6. The number of rotatable bonds is 26. The summed E-state index contributed by atoms with van der Waals surface area (Å²) in [6.07, 6.45) is -7.79. The van der Waals surface area contributed by atoms with Gasteiger partial charge in [-0.15, -0.1) is 0 Å². The molecule has 15 atom stereocenters. The highest BCUT2D eigenvalue weighted by Crippen LogP contribution is 2.65. The largest absolute Gasteiger partial charge is 0.481 e. The predicted octanol–water partition coefficient (Wildman–Crippen LogP) is 3.80. The summed E-state index contributed by atoms with van der Waals surface area (Å²) < 4.78 is 37.7. The Hall–Kier alpha value is -8.71. The van der Waals surface area contributed by atoms with E-state index in [0.717, 1.165) is 10.8 Å². The summed E-state index contributed by atoms with van der Waals surface area (Å²) in [4.78, 5) is 168. The molecule has 3 aliphatic carbocycles. The van der Waals surface area contributed by atoms with Gasteiger partial charge in [0, 0.05) is 75.9 Å². The third-order valence-corrected chi connectivity index (χ3v) is 22.3. The van der Waals surface area contributed by atoms with E-state index in [1.807, 2.05) is 0 Å². The summed E-state index contributed by atoms with van der Waals surface area (Å²) in [5.41, 5.74) is 0.145. The highest BCUT2D eigenvalue weighted by Gasteiger charge is 2.78. The van der Waals surface area contributed by atoms with E-state index in [2.05, 4.69) is 31.9 Å². The Morgan fingerprint density at radius 1 is 0.782 bits per heavy atom. The Morgan fingerprint density at radius 3 is 2.02 bits per heavy atom. The van der Waals surface area contributed by atoms with Gasteiger partial charge in [0.15, 0.2) is 5.60 Å². The first kappa shape index (κ1) is 78.0. The van der Waals surface area contributed by atoms with E-state index in [-0.39, 0.29) is 74.5 Å². The third-order valence-electron chi connectivity index (χ3n) is 19.8. The van der Waals surface area contributed by atoms with Gasteiger partial charge in [-0.3, -0.25) is 53.4 Å². The standard InChI is InChI=1S/C71H90N8O20S2/c1-38-49(34-71(93)61(98-66(91)44-25-16-11-17-26-44)59-69(7,60(86)39(2)56(38)68(71,5)6)50(94-8)33-51-70(59,37-95-51)99-41(4)81)96-67(92)58(57(75-40(3)80)43-23-14-10-15-24-43)97-55(85)29-20-30-100-101-36-48-65(90)77-45(27-18-19-28-52(72)73)62(87)74-35-53(82)76-47(32-54(83)84)64(89)78-46(63(88)79-48)31-42-21-12-9-13-22-42/h9-17,21-26,39,45-51,57-59,61,93H,18-20,27-37H2,1-8H3,(H3,72,73)(H,74,87)(H,75,80)(H,76,82)(H,77,90)(H,78,89)(H,79,88)(H,83,84)/t39-,45+,46-,47+,48?,49+,50+,51-,57+,58-,59+,61+,69-,70+,71-/m1/s1. The maximum Gasteiger partial charge on any atom is 0.350 e. The first-order chi connectivity index (χ1) is 47.9. The Bertz CT molecular complexity index is 3640. The maximum absolute atomic E-state index is 15.9. The smallest absolute Gasteiger partial charge is 0.350 e. The molecule has 1 unspecified atom stereocenters. The Labute approximate surface area is 592 Å². The summed E-state index contributed by atoms with van der Waals surface area (Å²) in [5, 5.41) is 46.8. The lowest BCUT2D eigenvalue weighted by Crippen LogP contribution is -2.81. The molecule has 101 heavy (non-hydrogen) atoms. The van der Waals surface area contributed by atoms with Crippen molar-refractivity contribution in [2.75, 3.05) is 31.8 Å².